The molecule has 0 saturated heterocycles. The first kappa shape index (κ1) is 27.5. The highest BCUT2D eigenvalue weighted by Crippen LogP contribution is 2.48. The number of esters is 1. The monoisotopic (exact) mass is 485 g/mol. The molecule has 1 amide bonds. The van der Waals surface area contributed by atoms with E-state index in [0.717, 1.165) is 36.3 Å². The number of hydrogen-bond acceptors (Lipinski definition) is 4. The molecule has 0 bridgehead atoms. The molecule has 0 heterocycles. The summed E-state index contributed by atoms with van der Waals surface area (Å²) in [6, 6.07) is 6.29. The van der Waals surface area contributed by atoms with Crippen LogP contribution in [-0.2, 0) is 27.2 Å². The van der Waals surface area contributed by atoms with E-state index in [1.54, 1.807) is 7.05 Å². The zero-order valence-electron chi connectivity index (χ0n) is 22.4. The molecule has 35 heavy (non-hydrogen) atoms. The fourth-order valence-corrected chi connectivity index (χ4v) is 6.10. The second-order valence-electron chi connectivity index (χ2n) is 11.1. The first-order valence-electron chi connectivity index (χ1n) is 14.1. The molecule has 0 aromatic heterocycles. The summed E-state index contributed by atoms with van der Waals surface area (Å²) >= 11 is 0. The van der Waals surface area contributed by atoms with Gasteiger partial charge in [0.2, 0.25) is 5.91 Å². The van der Waals surface area contributed by atoms with Gasteiger partial charge in [0.05, 0.1) is 6.42 Å². The quantitative estimate of drug-likeness (QED) is 0.249. The van der Waals surface area contributed by atoms with Crippen LogP contribution in [0.5, 0.6) is 5.75 Å². The fourth-order valence-electron chi connectivity index (χ4n) is 6.10. The maximum absolute atomic E-state index is 12.5. The lowest BCUT2D eigenvalue weighted by Crippen LogP contribution is -2.32. The van der Waals surface area contributed by atoms with Crippen molar-refractivity contribution < 1.29 is 19.1 Å². The molecule has 5 heteroatoms. The first-order valence-corrected chi connectivity index (χ1v) is 14.1. The van der Waals surface area contributed by atoms with Crippen LogP contribution >= 0.6 is 0 Å². The van der Waals surface area contributed by atoms with Crippen molar-refractivity contribution in [3.8, 4) is 5.75 Å². The molecule has 0 radical (unpaired) electrons. The van der Waals surface area contributed by atoms with Crippen molar-refractivity contribution in [2.45, 2.75) is 104 Å². The van der Waals surface area contributed by atoms with Gasteiger partial charge in [0.1, 0.15) is 11.9 Å². The van der Waals surface area contributed by atoms with Crippen LogP contribution in [0.3, 0.4) is 0 Å². The second kappa shape index (κ2) is 13.9. The largest absolute Gasteiger partial charge is 0.482 e. The molecule has 1 N–H and O–H groups in total. The highest BCUT2D eigenvalue weighted by molar-refractivity contribution is 5.77. The molecule has 196 valence electrons. The van der Waals surface area contributed by atoms with Crippen LogP contribution in [0.25, 0.3) is 0 Å². The standard InChI is InChI=1S/C30H47NO4/c1-5-6-7-8-9-10-12-22-15-16-24-18-26-23(17-25(22)24)13-11-14-27(26)34-20-30(33)35-28(21(2)3)19-29(32)31-4/h11,13-14,21-22,24-25,28H,5-10,12,15-20H2,1-4H3,(H,31,32)/t22-,24?,25?,28?/m0/s1. The van der Waals surface area contributed by atoms with E-state index in [1.165, 1.54) is 68.9 Å². The van der Waals surface area contributed by atoms with E-state index in [9.17, 15) is 9.59 Å². The Morgan fingerprint density at radius 1 is 1.06 bits per heavy atom. The molecule has 2 aliphatic rings. The van der Waals surface area contributed by atoms with Gasteiger partial charge in [0.15, 0.2) is 6.61 Å². The molecule has 1 saturated carbocycles. The molecule has 1 aromatic carbocycles. The average molecular weight is 486 g/mol. The van der Waals surface area contributed by atoms with Gasteiger partial charge < -0.3 is 14.8 Å². The lowest BCUT2D eigenvalue weighted by atomic mass is 9.73. The molecule has 0 aliphatic heterocycles. The fraction of sp³-hybridized carbons (Fsp3) is 0.733. The Labute approximate surface area is 212 Å². The Balaban J connectivity index is 1.52. The van der Waals surface area contributed by atoms with Gasteiger partial charge in [0.25, 0.3) is 0 Å². The normalized spacial score (nSPS) is 21.8. The minimum absolute atomic E-state index is 0.0596. The number of unbranched alkanes of at least 4 members (excludes halogenated alkanes) is 5. The second-order valence-corrected chi connectivity index (χ2v) is 11.1. The third-order valence-electron chi connectivity index (χ3n) is 8.24. The van der Waals surface area contributed by atoms with Crippen LogP contribution in [0.2, 0.25) is 0 Å². The number of hydrogen-bond donors (Lipinski definition) is 1. The number of carbonyl (C=O) groups is 2. The Morgan fingerprint density at radius 3 is 2.57 bits per heavy atom. The molecule has 5 nitrogen and oxygen atoms in total. The lowest BCUT2D eigenvalue weighted by molar-refractivity contribution is -0.155. The number of nitrogens with one attached hydrogen (secondary N) is 1. The summed E-state index contributed by atoms with van der Waals surface area (Å²) in [5.41, 5.74) is 2.68. The minimum Gasteiger partial charge on any atom is -0.482 e. The predicted molar refractivity (Wildman–Crippen MR) is 140 cm³/mol. The molecule has 3 unspecified atom stereocenters. The topological polar surface area (TPSA) is 64.6 Å². The molecule has 1 aromatic rings. The summed E-state index contributed by atoms with van der Waals surface area (Å²) in [7, 11) is 1.59. The van der Waals surface area contributed by atoms with E-state index in [-0.39, 0.29) is 24.9 Å². The van der Waals surface area contributed by atoms with Crippen LogP contribution < -0.4 is 10.1 Å². The van der Waals surface area contributed by atoms with Gasteiger partial charge in [-0.2, -0.15) is 0 Å². The van der Waals surface area contributed by atoms with E-state index < -0.39 is 12.1 Å². The highest BCUT2D eigenvalue weighted by Gasteiger charge is 2.39. The van der Waals surface area contributed by atoms with Gasteiger partial charge in [0, 0.05) is 7.05 Å². The van der Waals surface area contributed by atoms with Crippen molar-refractivity contribution in [3.63, 3.8) is 0 Å². The average Bonchev–Trinajstić information content (AvgIpc) is 3.24. The van der Waals surface area contributed by atoms with Crippen molar-refractivity contribution in [3.05, 3.63) is 29.3 Å². The third-order valence-corrected chi connectivity index (χ3v) is 8.24. The molecule has 4 atom stereocenters. The highest BCUT2D eigenvalue weighted by atomic mass is 16.6. The third kappa shape index (κ3) is 7.98. The Kier molecular flexibility index (Phi) is 10.9. The van der Waals surface area contributed by atoms with Gasteiger partial charge in [-0.05, 0) is 66.5 Å². The molecule has 3 rings (SSSR count). The van der Waals surface area contributed by atoms with E-state index in [0.29, 0.717) is 0 Å². The van der Waals surface area contributed by atoms with Crippen LogP contribution in [0, 0.1) is 23.7 Å². The van der Waals surface area contributed by atoms with E-state index >= 15 is 0 Å². The Morgan fingerprint density at radius 2 is 1.83 bits per heavy atom. The summed E-state index contributed by atoms with van der Waals surface area (Å²) < 4.78 is 11.6. The molecular formula is C30H47NO4. The van der Waals surface area contributed by atoms with Crippen molar-refractivity contribution >= 4 is 11.9 Å². The van der Waals surface area contributed by atoms with Gasteiger partial charge >= 0.3 is 5.97 Å². The van der Waals surface area contributed by atoms with E-state index in [2.05, 4.69) is 24.4 Å². The number of benzene rings is 1. The SMILES string of the molecule is CCCCCCCC[C@H]1CCC2Cc3c(cccc3OCC(=O)OC(CC(=O)NC)C(C)C)CC21. The van der Waals surface area contributed by atoms with Crippen LogP contribution in [0.4, 0.5) is 0 Å². The van der Waals surface area contributed by atoms with E-state index in [4.69, 9.17) is 9.47 Å². The van der Waals surface area contributed by atoms with E-state index in [1.807, 2.05) is 19.9 Å². The van der Waals surface area contributed by atoms with Crippen LogP contribution in [0.1, 0.15) is 96.1 Å². The molecule has 1 fully saturated rings. The van der Waals surface area contributed by atoms with Gasteiger partial charge in [-0.1, -0.05) is 77.8 Å². The summed E-state index contributed by atoms with van der Waals surface area (Å²) in [6.07, 6.45) is 14.2. The predicted octanol–water partition coefficient (Wildman–Crippen LogP) is 6.26. The Bertz CT molecular complexity index is 821. The van der Waals surface area contributed by atoms with Crippen molar-refractivity contribution in [2.75, 3.05) is 13.7 Å². The van der Waals surface area contributed by atoms with Crippen LogP contribution in [-0.4, -0.2) is 31.6 Å². The molecule has 2 aliphatic carbocycles. The smallest absolute Gasteiger partial charge is 0.344 e. The summed E-state index contributed by atoms with van der Waals surface area (Å²) in [4.78, 5) is 24.2. The van der Waals surface area contributed by atoms with Crippen molar-refractivity contribution in [1.29, 1.82) is 0 Å². The molecular weight excluding hydrogens is 438 g/mol. The zero-order chi connectivity index (χ0) is 25.2. The number of rotatable bonds is 14. The molecule has 0 spiro atoms. The summed E-state index contributed by atoms with van der Waals surface area (Å²) in [6.45, 7) is 6.06. The van der Waals surface area contributed by atoms with Crippen molar-refractivity contribution in [1.82, 2.24) is 5.32 Å². The van der Waals surface area contributed by atoms with Gasteiger partial charge in [-0.15, -0.1) is 0 Å². The summed E-state index contributed by atoms with van der Waals surface area (Å²) in [5.74, 6) is 2.74. The van der Waals surface area contributed by atoms with Gasteiger partial charge in [-0.25, -0.2) is 4.79 Å². The number of amides is 1. The summed E-state index contributed by atoms with van der Waals surface area (Å²) in [5, 5.41) is 2.60. The number of ether oxygens (including phenoxy) is 2. The number of carbonyl (C=O) groups excluding carboxylic acids is 2. The maximum atomic E-state index is 12.5. The van der Waals surface area contributed by atoms with Crippen LogP contribution in [0.15, 0.2) is 18.2 Å². The minimum atomic E-state index is -0.446. The first-order chi connectivity index (χ1) is 16.9. The maximum Gasteiger partial charge on any atom is 0.344 e. The number of fused-ring (bicyclic) bond motifs is 2. The van der Waals surface area contributed by atoms with Crippen molar-refractivity contribution in [2.24, 2.45) is 23.7 Å². The van der Waals surface area contributed by atoms with Gasteiger partial charge in [-0.3, -0.25) is 4.79 Å². The lowest BCUT2D eigenvalue weighted by Gasteiger charge is -2.32. The Hall–Kier alpha value is -2.04. The zero-order valence-corrected chi connectivity index (χ0v) is 22.4.